The van der Waals surface area contributed by atoms with E-state index in [-0.39, 0.29) is 5.56 Å². The predicted octanol–water partition coefficient (Wildman–Crippen LogP) is 1.66. The highest BCUT2D eigenvalue weighted by atomic mass is 19.1. The van der Waals surface area contributed by atoms with Crippen LogP contribution >= 0.6 is 0 Å². The van der Waals surface area contributed by atoms with Gasteiger partial charge in [-0.2, -0.15) is 0 Å². The number of ketones is 1. The highest BCUT2D eigenvalue weighted by Crippen LogP contribution is 2.27. The second kappa shape index (κ2) is 6.04. The van der Waals surface area contributed by atoms with Gasteiger partial charge in [0.05, 0.1) is 0 Å². The van der Waals surface area contributed by atoms with E-state index in [0.29, 0.717) is 11.1 Å². The molecule has 1 heterocycles. The van der Waals surface area contributed by atoms with Crippen LogP contribution < -0.4 is 10.6 Å². The molecule has 0 unspecified atom stereocenters. The van der Waals surface area contributed by atoms with Crippen LogP contribution in [0, 0.1) is 11.7 Å². The van der Waals surface area contributed by atoms with Crippen molar-refractivity contribution in [2.75, 3.05) is 0 Å². The number of rotatable bonds is 3. The molecule has 2 N–H and O–H groups in total. The van der Waals surface area contributed by atoms with Crippen LogP contribution in [0.1, 0.15) is 10.4 Å². The monoisotopic (exact) mass is 326 g/mol. The number of barbiturate groups is 1. The Kier molecular flexibility index (Phi) is 3.91. The Labute approximate surface area is 135 Å². The van der Waals surface area contributed by atoms with Crippen molar-refractivity contribution < 1.29 is 23.6 Å². The Balaban J connectivity index is 2.07. The number of nitrogens with one attached hydrogen (secondary N) is 2. The van der Waals surface area contributed by atoms with Crippen molar-refractivity contribution in [3.8, 4) is 11.1 Å². The van der Waals surface area contributed by atoms with Gasteiger partial charge in [0.1, 0.15) is 5.82 Å². The third-order valence-corrected chi connectivity index (χ3v) is 3.59. The molecule has 1 saturated heterocycles. The average molecular weight is 326 g/mol. The lowest BCUT2D eigenvalue weighted by Crippen LogP contribution is -2.58. The summed E-state index contributed by atoms with van der Waals surface area (Å²) in [5.74, 6) is -5.36. The first-order chi connectivity index (χ1) is 11.5. The molecular formula is C17H11FN2O4. The Morgan fingerprint density at radius 3 is 2.17 bits per heavy atom. The van der Waals surface area contributed by atoms with Crippen molar-refractivity contribution in [3.05, 3.63) is 59.9 Å². The molecule has 6 nitrogen and oxygen atoms in total. The number of urea groups is 1. The number of hydrogen-bond donors (Lipinski definition) is 2. The largest absolute Gasteiger partial charge is 0.328 e. The van der Waals surface area contributed by atoms with Gasteiger partial charge in [0, 0.05) is 5.56 Å². The number of hydrogen-bond acceptors (Lipinski definition) is 4. The fraction of sp³-hybridized carbons (Fsp3) is 0.0588. The van der Waals surface area contributed by atoms with Gasteiger partial charge in [-0.05, 0) is 23.3 Å². The summed E-state index contributed by atoms with van der Waals surface area (Å²) in [4.78, 5) is 47.5. The lowest BCUT2D eigenvalue weighted by atomic mass is 9.89. The summed E-state index contributed by atoms with van der Waals surface area (Å²) in [6, 6.07) is 11.3. The first kappa shape index (κ1) is 15.5. The van der Waals surface area contributed by atoms with E-state index in [4.69, 9.17) is 0 Å². The molecule has 0 spiro atoms. The third-order valence-electron chi connectivity index (χ3n) is 3.59. The summed E-state index contributed by atoms with van der Waals surface area (Å²) in [5, 5.41) is 3.72. The van der Waals surface area contributed by atoms with Crippen molar-refractivity contribution >= 4 is 23.6 Å². The molecular weight excluding hydrogens is 315 g/mol. The Morgan fingerprint density at radius 2 is 1.54 bits per heavy atom. The van der Waals surface area contributed by atoms with Crippen molar-refractivity contribution in [1.29, 1.82) is 0 Å². The summed E-state index contributed by atoms with van der Waals surface area (Å²) in [7, 11) is 0. The SMILES string of the molecule is O=C1NC(=O)C(C(=O)c2cc(F)ccc2-c2ccccc2)C(=O)N1. The zero-order valence-electron chi connectivity index (χ0n) is 12.2. The fourth-order valence-electron chi connectivity index (χ4n) is 2.50. The second-order valence-electron chi connectivity index (χ2n) is 5.16. The van der Waals surface area contributed by atoms with Crippen LogP contribution in [-0.2, 0) is 9.59 Å². The molecule has 1 aliphatic heterocycles. The van der Waals surface area contributed by atoms with Crippen LogP contribution in [0.25, 0.3) is 11.1 Å². The van der Waals surface area contributed by atoms with Gasteiger partial charge in [-0.25, -0.2) is 9.18 Å². The van der Waals surface area contributed by atoms with Gasteiger partial charge in [0.15, 0.2) is 11.7 Å². The topological polar surface area (TPSA) is 92.3 Å². The third kappa shape index (κ3) is 2.79. The second-order valence-corrected chi connectivity index (χ2v) is 5.16. The highest BCUT2D eigenvalue weighted by Gasteiger charge is 2.40. The van der Waals surface area contributed by atoms with Gasteiger partial charge in [-0.1, -0.05) is 36.4 Å². The number of benzene rings is 2. The summed E-state index contributed by atoms with van der Waals surface area (Å²) in [6.45, 7) is 0. The number of imide groups is 2. The normalized spacial score (nSPS) is 15.0. The van der Waals surface area contributed by atoms with E-state index in [2.05, 4.69) is 0 Å². The first-order valence-electron chi connectivity index (χ1n) is 7.02. The molecule has 0 aliphatic carbocycles. The van der Waals surface area contributed by atoms with Crippen LogP contribution in [0.4, 0.5) is 9.18 Å². The number of Topliss-reactive ketones (excluding diaryl/α,β-unsaturated/α-hetero) is 1. The van der Waals surface area contributed by atoms with Crippen LogP contribution in [0.5, 0.6) is 0 Å². The minimum atomic E-state index is -1.74. The predicted molar refractivity (Wildman–Crippen MR) is 81.3 cm³/mol. The number of carbonyl (C=O) groups excluding carboxylic acids is 4. The maximum absolute atomic E-state index is 13.6. The smallest absolute Gasteiger partial charge is 0.293 e. The van der Waals surface area contributed by atoms with Crippen molar-refractivity contribution in [1.82, 2.24) is 10.6 Å². The molecule has 0 radical (unpaired) electrons. The van der Waals surface area contributed by atoms with Crippen LogP contribution in [0.15, 0.2) is 48.5 Å². The van der Waals surface area contributed by atoms with Crippen LogP contribution in [0.3, 0.4) is 0 Å². The molecule has 3 rings (SSSR count). The Hall–Kier alpha value is -3.35. The van der Waals surface area contributed by atoms with E-state index < -0.39 is 35.4 Å². The number of amides is 4. The summed E-state index contributed by atoms with van der Waals surface area (Å²) in [5.41, 5.74) is 0.916. The zero-order chi connectivity index (χ0) is 17.3. The molecule has 1 aliphatic rings. The van der Waals surface area contributed by atoms with E-state index in [0.717, 1.165) is 6.07 Å². The summed E-state index contributed by atoms with van der Waals surface area (Å²) < 4.78 is 13.6. The molecule has 7 heteroatoms. The molecule has 0 aromatic heterocycles. The lowest BCUT2D eigenvalue weighted by Gasteiger charge is -2.20. The molecule has 120 valence electrons. The molecule has 2 aromatic carbocycles. The van der Waals surface area contributed by atoms with Crippen LogP contribution in [0.2, 0.25) is 0 Å². The Morgan fingerprint density at radius 1 is 0.917 bits per heavy atom. The average Bonchev–Trinajstić information content (AvgIpc) is 2.54. The fourth-order valence-corrected chi connectivity index (χ4v) is 2.50. The van der Waals surface area contributed by atoms with E-state index in [9.17, 15) is 23.6 Å². The zero-order valence-corrected chi connectivity index (χ0v) is 12.2. The molecule has 0 bridgehead atoms. The van der Waals surface area contributed by atoms with Gasteiger partial charge in [0.25, 0.3) is 0 Å². The van der Waals surface area contributed by atoms with E-state index in [1.807, 2.05) is 10.6 Å². The van der Waals surface area contributed by atoms with Crippen molar-refractivity contribution in [3.63, 3.8) is 0 Å². The minimum Gasteiger partial charge on any atom is -0.293 e. The van der Waals surface area contributed by atoms with Gasteiger partial charge < -0.3 is 0 Å². The Bertz CT molecular complexity index is 844. The van der Waals surface area contributed by atoms with Gasteiger partial charge in [-0.3, -0.25) is 25.0 Å². The minimum absolute atomic E-state index is 0.106. The summed E-state index contributed by atoms with van der Waals surface area (Å²) in [6.07, 6.45) is 0. The number of carbonyl (C=O) groups is 4. The maximum Gasteiger partial charge on any atom is 0.328 e. The quantitative estimate of drug-likeness (QED) is 0.663. The molecule has 0 atom stereocenters. The van der Waals surface area contributed by atoms with Gasteiger partial charge >= 0.3 is 6.03 Å². The van der Waals surface area contributed by atoms with Crippen molar-refractivity contribution in [2.24, 2.45) is 5.92 Å². The first-order valence-corrected chi connectivity index (χ1v) is 7.02. The van der Waals surface area contributed by atoms with E-state index >= 15 is 0 Å². The molecule has 1 fully saturated rings. The number of halogens is 1. The molecule has 0 saturated carbocycles. The summed E-state index contributed by atoms with van der Waals surface area (Å²) >= 11 is 0. The molecule has 2 aromatic rings. The van der Waals surface area contributed by atoms with E-state index in [1.54, 1.807) is 30.3 Å². The molecule has 4 amide bonds. The van der Waals surface area contributed by atoms with Crippen LogP contribution in [-0.4, -0.2) is 23.6 Å². The highest BCUT2D eigenvalue weighted by molar-refractivity contribution is 6.30. The standard InChI is InChI=1S/C17H11FN2O4/c18-10-6-7-11(9-4-2-1-3-5-9)12(8-10)14(21)13-15(22)19-17(24)20-16(13)23/h1-8,13H,(H2,19,20,22,23,24). The van der Waals surface area contributed by atoms with E-state index in [1.165, 1.54) is 12.1 Å². The van der Waals surface area contributed by atoms with Crippen molar-refractivity contribution in [2.45, 2.75) is 0 Å². The lowest BCUT2D eigenvalue weighted by molar-refractivity contribution is -0.133. The molecule has 24 heavy (non-hydrogen) atoms. The maximum atomic E-state index is 13.6. The van der Waals surface area contributed by atoms with Gasteiger partial charge in [0.2, 0.25) is 11.8 Å². The van der Waals surface area contributed by atoms with Gasteiger partial charge in [-0.15, -0.1) is 0 Å².